The fraction of sp³-hybridized carbons (Fsp3) is 0.455. The Morgan fingerprint density at radius 2 is 2.07 bits per heavy atom. The Bertz CT molecular complexity index is 383. The van der Waals surface area contributed by atoms with E-state index in [0.717, 1.165) is 5.69 Å². The highest BCUT2D eigenvalue weighted by Crippen LogP contribution is 2.16. The Morgan fingerprint density at radius 1 is 1.47 bits per heavy atom. The minimum absolute atomic E-state index is 0.194. The van der Waals surface area contributed by atoms with E-state index in [0.29, 0.717) is 10.6 Å². The van der Waals surface area contributed by atoms with Crippen molar-refractivity contribution in [2.75, 3.05) is 0 Å². The second kappa shape index (κ2) is 4.19. The highest BCUT2D eigenvalue weighted by atomic mass is 35.5. The number of aryl methyl sites for hydroxylation is 1. The van der Waals surface area contributed by atoms with Crippen molar-refractivity contribution in [3.63, 3.8) is 0 Å². The SMILES string of the molecule is Cc1cc(Cl)c(C(=O)NC(C)(C)C)cn1. The van der Waals surface area contributed by atoms with Crippen molar-refractivity contribution in [3.8, 4) is 0 Å². The highest BCUT2D eigenvalue weighted by molar-refractivity contribution is 6.33. The summed E-state index contributed by atoms with van der Waals surface area (Å²) in [7, 11) is 0. The topological polar surface area (TPSA) is 42.0 Å². The zero-order valence-corrected chi connectivity index (χ0v) is 10.1. The van der Waals surface area contributed by atoms with E-state index in [1.807, 2.05) is 27.7 Å². The number of nitrogens with zero attached hydrogens (tertiary/aromatic N) is 1. The van der Waals surface area contributed by atoms with Gasteiger partial charge < -0.3 is 5.32 Å². The molecule has 0 fully saturated rings. The number of rotatable bonds is 1. The van der Waals surface area contributed by atoms with Crippen LogP contribution in [-0.2, 0) is 0 Å². The van der Waals surface area contributed by atoms with Crippen molar-refractivity contribution >= 4 is 17.5 Å². The number of nitrogens with one attached hydrogen (secondary N) is 1. The molecule has 0 atom stereocenters. The van der Waals surface area contributed by atoms with E-state index >= 15 is 0 Å². The van der Waals surface area contributed by atoms with Crippen molar-refractivity contribution in [1.82, 2.24) is 10.3 Å². The van der Waals surface area contributed by atoms with Gasteiger partial charge >= 0.3 is 0 Å². The number of carbonyl (C=O) groups excluding carboxylic acids is 1. The zero-order chi connectivity index (χ0) is 11.6. The number of hydrogen-bond acceptors (Lipinski definition) is 2. The predicted molar refractivity (Wildman–Crippen MR) is 61.2 cm³/mol. The number of aromatic nitrogens is 1. The second-order valence-corrected chi connectivity index (χ2v) is 4.92. The fourth-order valence-corrected chi connectivity index (χ4v) is 1.39. The molecule has 0 aliphatic heterocycles. The Morgan fingerprint density at radius 3 is 2.53 bits per heavy atom. The molecule has 0 spiro atoms. The summed E-state index contributed by atoms with van der Waals surface area (Å²) in [5.74, 6) is -0.194. The minimum Gasteiger partial charge on any atom is -0.347 e. The summed E-state index contributed by atoms with van der Waals surface area (Å²) in [6, 6.07) is 1.68. The molecule has 4 heteroatoms. The Hall–Kier alpha value is -1.09. The van der Waals surface area contributed by atoms with Crippen LogP contribution in [0.3, 0.4) is 0 Å². The van der Waals surface area contributed by atoms with Gasteiger partial charge in [0, 0.05) is 17.4 Å². The van der Waals surface area contributed by atoms with Crippen LogP contribution in [0, 0.1) is 6.92 Å². The first-order valence-electron chi connectivity index (χ1n) is 4.74. The maximum Gasteiger partial charge on any atom is 0.254 e. The van der Waals surface area contributed by atoms with Crippen LogP contribution in [0.5, 0.6) is 0 Å². The van der Waals surface area contributed by atoms with Crippen molar-refractivity contribution in [2.24, 2.45) is 0 Å². The van der Waals surface area contributed by atoms with Gasteiger partial charge in [-0.05, 0) is 33.8 Å². The quantitative estimate of drug-likeness (QED) is 0.800. The summed E-state index contributed by atoms with van der Waals surface area (Å²) < 4.78 is 0. The molecule has 15 heavy (non-hydrogen) atoms. The lowest BCUT2D eigenvalue weighted by molar-refractivity contribution is 0.0919. The second-order valence-electron chi connectivity index (χ2n) is 4.51. The summed E-state index contributed by atoms with van der Waals surface area (Å²) in [4.78, 5) is 15.8. The van der Waals surface area contributed by atoms with Gasteiger partial charge in [-0.3, -0.25) is 9.78 Å². The van der Waals surface area contributed by atoms with Gasteiger partial charge in [0.1, 0.15) is 0 Å². The van der Waals surface area contributed by atoms with E-state index in [2.05, 4.69) is 10.3 Å². The van der Waals surface area contributed by atoms with Crippen molar-refractivity contribution in [3.05, 3.63) is 28.5 Å². The van der Waals surface area contributed by atoms with E-state index < -0.39 is 0 Å². The van der Waals surface area contributed by atoms with Gasteiger partial charge in [-0.25, -0.2) is 0 Å². The molecule has 0 bridgehead atoms. The van der Waals surface area contributed by atoms with Crippen molar-refractivity contribution in [1.29, 1.82) is 0 Å². The molecule has 0 unspecified atom stereocenters. The van der Waals surface area contributed by atoms with Crippen molar-refractivity contribution < 1.29 is 4.79 Å². The van der Waals surface area contributed by atoms with Crippen LogP contribution in [0.2, 0.25) is 5.02 Å². The van der Waals surface area contributed by atoms with Gasteiger partial charge in [0.05, 0.1) is 10.6 Å². The summed E-state index contributed by atoms with van der Waals surface area (Å²) in [6.07, 6.45) is 1.50. The van der Waals surface area contributed by atoms with Gasteiger partial charge in [0.25, 0.3) is 5.91 Å². The lowest BCUT2D eigenvalue weighted by Crippen LogP contribution is -2.40. The first kappa shape index (κ1) is 12.0. The van der Waals surface area contributed by atoms with E-state index in [9.17, 15) is 4.79 Å². The summed E-state index contributed by atoms with van der Waals surface area (Å²) in [5, 5.41) is 3.27. The minimum atomic E-state index is -0.273. The van der Waals surface area contributed by atoms with Crippen LogP contribution in [0.15, 0.2) is 12.3 Å². The van der Waals surface area contributed by atoms with Crippen LogP contribution in [-0.4, -0.2) is 16.4 Å². The van der Waals surface area contributed by atoms with Crippen LogP contribution < -0.4 is 5.32 Å². The molecule has 1 N–H and O–H groups in total. The maximum atomic E-state index is 11.8. The van der Waals surface area contributed by atoms with Gasteiger partial charge in [-0.2, -0.15) is 0 Å². The maximum absolute atomic E-state index is 11.8. The number of amides is 1. The largest absolute Gasteiger partial charge is 0.347 e. The Labute approximate surface area is 94.9 Å². The lowest BCUT2D eigenvalue weighted by atomic mass is 10.1. The first-order chi connectivity index (χ1) is 6.79. The molecular weight excluding hydrogens is 212 g/mol. The van der Waals surface area contributed by atoms with Gasteiger partial charge in [0.15, 0.2) is 0 Å². The molecule has 0 aliphatic rings. The van der Waals surface area contributed by atoms with Crippen LogP contribution in [0.1, 0.15) is 36.8 Å². The molecule has 3 nitrogen and oxygen atoms in total. The average Bonchev–Trinajstić information content (AvgIpc) is 1.99. The highest BCUT2D eigenvalue weighted by Gasteiger charge is 2.17. The fourth-order valence-electron chi connectivity index (χ4n) is 1.10. The third-order valence-corrected chi connectivity index (χ3v) is 2.04. The number of carbonyl (C=O) groups is 1. The standard InChI is InChI=1S/C11H15ClN2O/c1-7-5-9(12)8(6-13-7)10(15)14-11(2,3)4/h5-6H,1-4H3,(H,14,15). The molecule has 0 saturated heterocycles. The van der Waals surface area contributed by atoms with E-state index in [-0.39, 0.29) is 11.4 Å². The molecule has 1 aromatic rings. The summed E-state index contributed by atoms with van der Waals surface area (Å²) >= 11 is 5.95. The summed E-state index contributed by atoms with van der Waals surface area (Å²) in [6.45, 7) is 7.58. The van der Waals surface area contributed by atoms with E-state index in [1.165, 1.54) is 6.20 Å². The Balaban J connectivity index is 2.92. The molecular formula is C11H15ClN2O. The van der Waals surface area contributed by atoms with E-state index in [1.54, 1.807) is 6.07 Å². The molecule has 0 aromatic carbocycles. The predicted octanol–water partition coefficient (Wildman–Crippen LogP) is 2.57. The van der Waals surface area contributed by atoms with Gasteiger partial charge in [-0.15, -0.1) is 0 Å². The number of hydrogen-bond donors (Lipinski definition) is 1. The van der Waals surface area contributed by atoms with Crippen LogP contribution in [0.4, 0.5) is 0 Å². The van der Waals surface area contributed by atoms with Crippen molar-refractivity contribution in [2.45, 2.75) is 33.2 Å². The molecule has 1 heterocycles. The molecule has 1 aromatic heterocycles. The average molecular weight is 227 g/mol. The summed E-state index contributed by atoms with van der Waals surface area (Å²) in [5.41, 5.74) is 0.940. The smallest absolute Gasteiger partial charge is 0.254 e. The van der Waals surface area contributed by atoms with Crippen LogP contribution in [0.25, 0.3) is 0 Å². The first-order valence-corrected chi connectivity index (χ1v) is 5.12. The normalized spacial score (nSPS) is 11.3. The number of pyridine rings is 1. The monoisotopic (exact) mass is 226 g/mol. The molecule has 1 amide bonds. The molecule has 0 aliphatic carbocycles. The number of halogens is 1. The van der Waals surface area contributed by atoms with E-state index in [4.69, 9.17) is 11.6 Å². The third kappa shape index (κ3) is 3.51. The molecule has 0 radical (unpaired) electrons. The Kier molecular flexibility index (Phi) is 3.35. The van der Waals surface area contributed by atoms with Gasteiger partial charge in [0.2, 0.25) is 0 Å². The molecule has 0 saturated carbocycles. The van der Waals surface area contributed by atoms with Crippen LogP contribution >= 0.6 is 11.6 Å². The van der Waals surface area contributed by atoms with Gasteiger partial charge in [-0.1, -0.05) is 11.6 Å². The third-order valence-electron chi connectivity index (χ3n) is 1.72. The molecule has 82 valence electrons. The molecule has 1 rings (SSSR count). The zero-order valence-electron chi connectivity index (χ0n) is 9.39. The lowest BCUT2D eigenvalue weighted by Gasteiger charge is -2.20.